The van der Waals surface area contributed by atoms with Crippen LogP contribution in [0.2, 0.25) is 5.02 Å². The third kappa shape index (κ3) is 4.67. The molecule has 0 spiro atoms. The first-order chi connectivity index (χ1) is 14.7. The van der Waals surface area contributed by atoms with Crippen molar-refractivity contribution < 1.29 is 27.2 Å². The molecule has 1 fully saturated rings. The van der Waals surface area contributed by atoms with Gasteiger partial charge in [-0.3, -0.25) is 14.2 Å². The number of anilines is 1. The number of carbonyl (C=O) groups is 1. The van der Waals surface area contributed by atoms with Crippen molar-refractivity contribution in [2.24, 2.45) is 0 Å². The van der Waals surface area contributed by atoms with Gasteiger partial charge >= 0.3 is 5.91 Å². The maximum Gasteiger partial charge on any atom is 0.303 e. The molecule has 0 aromatic heterocycles. The summed E-state index contributed by atoms with van der Waals surface area (Å²) in [6.45, 7) is 0.366. The lowest BCUT2D eigenvalue weighted by molar-refractivity contribution is -0.123. The highest BCUT2D eigenvalue weighted by atomic mass is 35.5. The van der Waals surface area contributed by atoms with Crippen LogP contribution in [-0.4, -0.2) is 41.2 Å². The molecule has 0 unspecified atom stereocenters. The zero-order chi connectivity index (χ0) is 22.2. The Hall–Kier alpha value is -2.66. The van der Waals surface area contributed by atoms with Crippen LogP contribution in [0.5, 0.6) is 5.75 Å². The molecule has 4 rings (SSSR count). The second-order valence-corrected chi connectivity index (χ2v) is 9.24. The minimum Gasteiger partial charge on any atom is -0.435 e. The Morgan fingerprint density at radius 2 is 1.81 bits per heavy atom. The maximum atomic E-state index is 13.1. The Bertz CT molecular complexity index is 1180. The summed E-state index contributed by atoms with van der Waals surface area (Å²) in [7, 11) is -4.14. The van der Waals surface area contributed by atoms with Crippen LogP contribution >= 0.6 is 23.8 Å². The molecule has 1 amide bonds. The Balaban J connectivity index is 1.65. The highest BCUT2D eigenvalue weighted by Crippen LogP contribution is 2.42. The Kier molecular flexibility index (Phi) is 5.89. The normalized spacial score (nSPS) is 18.3. The van der Waals surface area contributed by atoms with Gasteiger partial charge in [-0.2, -0.15) is 8.42 Å². The number of thiocarbonyl (C=S) groups is 1. The molecule has 0 atom stereocenters. The number of nitrogens with zero attached hydrogens (tertiary/aromatic N) is 2. The molecule has 1 saturated heterocycles. The van der Waals surface area contributed by atoms with Crippen molar-refractivity contribution in [1.29, 1.82) is 0 Å². The van der Waals surface area contributed by atoms with Crippen LogP contribution in [0.3, 0.4) is 0 Å². The molecule has 0 radical (unpaired) electrons. The fraction of sp³-hybridized carbons (Fsp3) is 0.200. The fourth-order valence-corrected chi connectivity index (χ4v) is 4.17. The second-order valence-electron chi connectivity index (χ2n) is 6.88. The van der Waals surface area contributed by atoms with Gasteiger partial charge in [-0.1, -0.05) is 41.9 Å². The van der Waals surface area contributed by atoms with Crippen LogP contribution in [-0.2, 0) is 26.2 Å². The zero-order valence-electron chi connectivity index (χ0n) is 16.0. The monoisotopic (exact) mass is 480 g/mol. The number of hydrogen-bond donors (Lipinski definition) is 1. The van der Waals surface area contributed by atoms with E-state index in [9.17, 15) is 13.2 Å². The van der Waals surface area contributed by atoms with Crippen molar-refractivity contribution in [3.63, 3.8) is 0 Å². The first kappa shape index (κ1) is 21.6. The van der Waals surface area contributed by atoms with E-state index in [1.807, 2.05) is 30.3 Å². The van der Waals surface area contributed by atoms with Gasteiger partial charge in [0.25, 0.3) is 21.1 Å². The van der Waals surface area contributed by atoms with Gasteiger partial charge in [-0.25, -0.2) is 0 Å². The summed E-state index contributed by atoms with van der Waals surface area (Å²) in [5, 5.41) is 0.431. The highest BCUT2D eigenvalue weighted by Gasteiger charge is 2.41. The Labute approximate surface area is 189 Å². The summed E-state index contributed by atoms with van der Waals surface area (Å²) in [6, 6.07) is 14.2. The number of fused-ring (bicyclic) bond motifs is 1. The van der Waals surface area contributed by atoms with Crippen molar-refractivity contribution in [2.75, 3.05) is 17.2 Å². The van der Waals surface area contributed by atoms with Gasteiger partial charge < -0.3 is 14.4 Å². The van der Waals surface area contributed by atoms with Gasteiger partial charge in [0.05, 0.1) is 18.0 Å². The fourth-order valence-electron chi connectivity index (χ4n) is 3.28. The van der Waals surface area contributed by atoms with E-state index in [-0.39, 0.29) is 36.3 Å². The number of amides is 1. The van der Waals surface area contributed by atoms with Crippen molar-refractivity contribution in [3.8, 4) is 5.75 Å². The van der Waals surface area contributed by atoms with Gasteiger partial charge in [-0.05, 0) is 42.4 Å². The minimum absolute atomic E-state index is 0.00757. The molecule has 0 aliphatic carbocycles. The van der Waals surface area contributed by atoms with Gasteiger partial charge in [-0.15, -0.1) is 0 Å². The third-order valence-corrected chi connectivity index (χ3v) is 6.02. The quantitative estimate of drug-likeness (QED) is 0.382. The topological polar surface area (TPSA) is 96.4 Å². The second kappa shape index (κ2) is 8.46. The van der Waals surface area contributed by atoms with Gasteiger partial charge in [0.2, 0.25) is 5.88 Å². The van der Waals surface area contributed by atoms with E-state index in [0.717, 1.165) is 5.56 Å². The molecule has 2 aromatic rings. The lowest BCUT2D eigenvalue weighted by Gasteiger charge is -2.18. The van der Waals surface area contributed by atoms with E-state index in [1.165, 1.54) is 4.90 Å². The maximum absolute atomic E-state index is 13.1. The van der Waals surface area contributed by atoms with Crippen molar-refractivity contribution >= 4 is 50.7 Å². The van der Waals surface area contributed by atoms with Gasteiger partial charge in [0, 0.05) is 11.6 Å². The van der Waals surface area contributed by atoms with Gasteiger partial charge in [0.15, 0.2) is 5.75 Å². The van der Waals surface area contributed by atoms with Crippen molar-refractivity contribution in [3.05, 3.63) is 70.8 Å². The van der Waals surface area contributed by atoms with Gasteiger partial charge in [0.1, 0.15) is 0 Å². The molecule has 8 nitrogen and oxygen atoms in total. The molecule has 31 heavy (non-hydrogen) atoms. The highest BCUT2D eigenvalue weighted by molar-refractivity contribution is 7.85. The van der Waals surface area contributed by atoms with Crippen LogP contribution in [0.4, 0.5) is 5.69 Å². The summed E-state index contributed by atoms with van der Waals surface area (Å²) in [5.41, 5.74) is 1.43. The smallest absolute Gasteiger partial charge is 0.303 e. The molecule has 162 valence electrons. The summed E-state index contributed by atoms with van der Waals surface area (Å²) >= 11 is 11.4. The lowest BCUT2D eigenvalue weighted by Crippen LogP contribution is -2.30. The van der Waals surface area contributed by atoms with Crippen LogP contribution in [0, 0.1) is 0 Å². The van der Waals surface area contributed by atoms with E-state index in [2.05, 4.69) is 0 Å². The summed E-state index contributed by atoms with van der Waals surface area (Å²) in [5.74, 6) is -0.490. The molecular weight excluding hydrogens is 464 g/mol. The average Bonchev–Trinajstić information content (AvgIpc) is 3.20. The van der Waals surface area contributed by atoms with E-state index >= 15 is 0 Å². The van der Waals surface area contributed by atoms with E-state index in [0.29, 0.717) is 16.5 Å². The molecule has 2 heterocycles. The first-order valence-corrected chi connectivity index (χ1v) is 11.6. The summed E-state index contributed by atoms with van der Waals surface area (Å²) < 4.78 is 42.8. The lowest BCUT2D eigenvalue weighted by atomic mass is 10.2. The Morgan fingerprint density at radius 3 is 2.52 bits per heavy atom. The van der Waals surface area contributed by atoms with Crippen molar-refractivity contribution in [1.82, 2.24) is 4.90 Å². The summed E-state index contributed by atoms with van der Waals surface area (Å²) in [4.78, 5) is 16.0. The molecule has 2 aromatic carbocycles. The number of hydrogen-bond acceptors (Lipinski definition) is 7. The van der Waals surface area contributed by atoms with Crippen LogP contribution in [0.15, 0.2) is 60.2 Å². The predicted octanol–water partition coefficient (Wildman–Crippen LogP) is 3.33. The molecule has 2 aliphatic heterocycles. The average molecular weight is 481 g/mol. The summed E-state index contributed by atoms with van der Waals surface area (Å²) in [6.07, 6.45) is 0.0806. The molecule has 1 N–H and O–H groups in total. The van der Waals surface area contributed by atoms with E-state index in [1.54, 1.807) is 23.1 Å². The van der Waals surface area contributed by atoms with Crippen LogP contribution in [0.1, 0.15) is 12.0 Å². The number of benzene rings is 2. The first-order valence-electron chi connectivity index (χ1n) is 9.25. The van der Waals surface area contributed by atoms with Crippen molar-refractivity contribution in [2.45, 2.75) is 13.0 Å². The predicted molar refractivity (Wildman–Crippen MR) is 118 cm³/mol. The Morgan fingerprint density at radius 1 is 1.06 bits per heavy atom. The zero-order valence-corrected chi connectivity index (χ0v) is 18.4. The number of halogens is 1. The minimum atomic E-state index is -4.14. The molecule has 0 saturated carbocycles. The standard InChI is InChI=1S/C20H17ClN2O6S2/c21-14-7-8-16-15(11-14)22(9-4-10-31(25,26)27)19(28-16)17-18(24)23(20(30)29-17)12-13-5-2-1-3-6-13/h1-3,5-8,11H,4,9-10,12H2,(H,25,26,27)/b19-17-. The van der Waals surface area contributed by atoms with E-state index in [4.69, 9.17) is 37.8 Å². The number of carbonyl (C=O) groups excluding carboxylic acids is 1. The van der Waals surface area contributed by atoms with E-state index < -0.39 is 21.8 Å². The molecule has 2 aliphatic rings. The number of rotatable bonds is 6. The van der Waals surface area contributed by atoms with Crippen LogP contribution in [0.25, 0.3) is 0 Å². The molecule has 0 bridgehead atoms. The number of ether oxygens (including phenoxy) is 2. The SMILES string of the molecule is O=C1/C(=C2/Oc3ccc(Cl)cc3N2CCCS(=O)(=O)O)OC(=S)N1Cc1ccccc1. The third-order valence-electron chi connectivity index (χ3n) is 4.67. The molecular formula is C20H17ClN2O6S2. The molecule has 11 heteroatoms. The van der Waals surface area contributed by atoms with Crippen LogP contribution < -0.4 is 9.64 Å². The largest absolute Gasteiger partial charge is 0.435 e.